The molecule has 2 aromatic heterocycles. The SMILES string of the molecule is Cc1ccc2oc(C(N)c3coc(C)c3)cc2c1. The maximum absolute atomic E-state index is 6.18. The molecular formula is C15H15NO2. The van der Waals surface area contributed by atoms with E-state index in [1.54, 1.807) is 6.26 Å². The van der Waals surface area contributed by atoms with Gasteiger partial charge in [0.05, 0.1) is 12.3 Å². The Labute approximate surface area is 105 Å². The lowest BCUT2D eigenvalue weighted by atomic mass is 10.1. The average Bonchev–Trinajstić information content (AvgIpc) is 2.93. The minimum Gasteiger partial charge on any atom is -0.469 e. The number of benzene rings is 1. The average molecular weight is 241 g/mol. The van der Waals surface area contributed by atoms with Crippen molar-refractivity contribution in [3.63, 3.8) is 0 Å². The summed E-state index contributed by atoms with van der Waals surface area (Å²) in [5.74, 6) is 1.61. The molecule has 2 N–H and O–H groups in total. The van der Waals surface area contributed by atoms with Crippen LogP contribution >= 0.6 is 0 Å². The maximum Gasteiger partial charge on any atom is 0.134 e. The van der Waals surface area contributed by atoms with Crippen LogP contribution in [-0.4, -0.2) is 0 Å². The second-order valence-corrected chi connectivity index (χ2v) is 4.66. The summed E-state index contributed by atoms with van der Waals surface area (Å²) in [5, 5.41) is 1.08. The van der Waals surface area contributed by atoms with E-state index in [1.165, 1.54) is 5.56 Å². The van der Waals surface area contributed by atoms with E-state index in [2.05, 4.69) is 13.0 Å². The van der Waals surface area contributed by atoms with Gasteiger partial charge in [0.15, 0.2) is 0 Å². The zero-order valence-electron chi connectivity index (χ0n) is 10.4. The largest absolute Gasteiger partial charge is 0.469 e. The highest BCUT2D eigenvalue weighted by atomic mass is 16.3. The van der Waals surface area contributed by atoms with Crippen LogP contribution in [0, 0.1) is 13.8 Å². The Hall–Kier alpha value is -2.00. The number of fused-ring (bicyclic) bond motifs is 1. The minimum absolute atomic E-state index is 0.282. The molecule has 0 amide bonds. The van der Waals surface area contributed by atoms with Crippen molar-refractivity contribution in [3.8, 4) is 0 Å². The summed E-state index contributed by atoms with van der Waals surface area (Å²) in [4.78, 5) is 0. The van der Waals surface area contributed by atoms with Gasteiger partial charge in [0.25, 0.3) is 0 Å². The van der Waals surface area contributed by atoms with Crippen molar-refractivity contribution in [3.05, 3.63) is 59.2 Å². The van der Waals surface area contributed by atoms with Gasteiger partial charge in [0.2, 0.25) is 0 Å². The lowest BCUT2D eigenvalue weighted by Gasteiger charge is -2.04. The molecule has 3 heteroatoms. The van der Waals surface area contributed by atoms with Crippen molar-refractivity contribution in [2.75, 3.05) is 0 Å². The van der Waals surface area contributed by atoms with Gasteiger partial charge in [0.1, 0.15) is 17.1 Å². The highest BCUT2D eigenvalue weighted by molar-refractivity contribution is 5.78. The van der Waals surface area contributed by atoms with Crippen LogP contribution in [0.3, 0.4) is 0 Å². The van der Waals surface area contributed by atoms with E-state index in [1.807, 2.05) is 31.2 Å². The first-order chi connectivity index (χ1) is 8.63. The summed E-state index contributed by atoms with van der Waals surface area (Å²) in [5.41, 5.74) is 9.19. The Bertz CT molecular complexity index is 693. The third-order valence-electron chi connectivity index (χ3n) is 3.11. The predicted octanol–water partition coefficient (Wildman–Crippen LogP) is 3.69. The van der Waals surface area contributed by atoms with Crippen LogP contribution in [0.5, 0.6) is 0 Å². The molecule has 92 valence electrons. The lowest BCUT2D eigenvalue weighted by Crippen LogP contribution is -2.09. The molecule has 3 nitrogen and oxygen atoms in total. The maximum atomic E-state index is 6.18. The van der Waals surface area contributed by atoms with Crippen molar-refractivity contribution in [1.29, 1.82) is 0 Å². The van der Waals surface area contributed by atoms with Gasteiger partial charge in [-0.15, -0.1) is 0 Å². The van der Waals surface area contributed by atoms with Crippen LogP contribution in [0.4, 0.5) is 0 Å². The zero-order chi connectivity index (χ0) is 12.7. The third kappa shape index (κ3) is 1.83. The molecule has 18 heavy (non-hydrogen) atoms. The molecule has 0 saturated heterocycles. The van der Waals surface area contributed by atoms with Gasteiger partial charge in [-0.25, -0.2) is 0 Å². The number of hydrogen-bond acceptors (Lipinski definition) is 3. The van der Waals surface area contributed by atoms with Gasteiger partial charge in [-0.1, -0.05) is 11.6 Å². The van der Waals surface area contributed by atoms with Gasteiger partial charge in [-0.05, 0) is 38.1 Å². The number of rotatable bonds is 2. The van der Waals surface area contributed by atoms with E-state index in [9.17, 15) is 0 Å². The molecule has 3 rings (SSSR count). The first kappa shape index (κ1) is 11.1. The van der Waals surface area contributed by atoms with E-state index < -0.39 is 0 Å². The summed E-state index contributed by atoms with van der Waals surface area (Å²) in [6, 6.07) is 9.74. The fourth-order valence-electron chi connectivity index (χ4n) is 2.13. The molecule has 0 aliphatic rings. The van der Waals surface area contributed by atoms with Crippen LogP contribution in [0.15, 0.2) is 45.4 Å². The molecule has 0 bridgehead atoms. The Morgan fingerprint density at radius 1 is 1.11 bits per heavy atom. The van der Waals surface area contributed by atoms with E-state index >= 15 is 0 Å². The first-order valence-electron chi connectivity index (χ1n) is 5.94. The predicted molar refractivity (Wildman–Crippen MR) is 70.4 cm³/mol. The minimum atomic E-state index is -0.282. The Morgan fingerprint density at radius 3 is 2.67 bits per heavy atom. The molecule has 1 atom stereocenters. The van der Waals surface area contributed by atoms with Crippen LogP contribution < -0.4 is 5.73 Å². The van der Waals surface area contributed by atoms with Crippen LogP contribution in [0.25, 0.3) is 11.0 Å². The standard InChI is InChI=1S/C15H15NO2/c1-9-3-4-13-11(5-9)7-14(18-13)15(16)12-6-10(2)17-8-12/h3-8,15H,16H2,1-2H3. The van der Waals surface area contributed by atoms with Gasteiger partial charge in [0, 0.05) is 10.9 Å². The summed E-state index contributed by atoms with van der Waals surface area (Å²) in [7, 11) is 0. The quantitative estimate of drug-likeness (QED) is 0.744. The molecule has 0 aliphatic carbocycles. The third-order valence-corrected chi connectivity index (χ3v) is 3.11. The van der Waals surface area contributed by atoms with E-state index in [-0.39, 0.29) is 6.04 Å². The molecule has 0 aliphatic heterocycles. The van der Waals surface area contributed by atoms with Crippen molar-refractivity contribution >= 4 is 11.0 Å². The molecular weight excluding hydrogens is 226 g/mol. The highest BCUT2D eigenvalue weighted by Gasteiger charge is 2.16. The second kappa shape index (κ2) is 4.03. The van der Waals surface area contributed by atoms with Crippen molar-refractivity contribution in [2.45, 2.75) is 19.9 Å². The smallest absolute Gasteiger partial charge is 0.134 e. The van der Waals surface area contributed by atoms with Gasteiger partial charge >= 0.3 is 0 Å². The normalized spacial score (nSPS) is 13.1. The second-order valence-electron chi connectivity index (χ2n) is 4.66. The Kier molecular flexibility index (Phi) is 2.49. The lowest BCUT2D eigenvalue weighted by molar-refractivity contribution is 0.511. The van der Waals surface area contributed by atoms with Gasteiger partial charge in [-0.3, -0.25) is 0 Å². The van der Waals surface area contributed by atoms with Crippen LogP contribution in [0.2, 0.25) is 0 Å². The molecule has 0 spiro atoms. The summed E-state index contributed by atoms with van der Waals surface area (Å²) in [6.07, 6.45) is 1.68. The number of nitrogens with two attached hydrogens (primary N) is 1. The summed E-state index contributed by atoms with van der Waals surface area (Å²) in [6.45, 7) is 3.96. The fraction of sp³-hybridized carbons (Fsp3) is 0.200. The summed E-state index contributed by atoms with van der Waals surface area (Å²) >= 11 is 0. The monoisotopic (exact) mass is 241 g/mol. The first-order valence-corrected chi connectivity index (χ1v) is 5.94. The van der Waals surface area contributed by atoms with Gasteiger partial charge < -0.3 is 14.6 Å². The molecule has 2 heterocycles. The molecule has 0 radical (unpaired) electrons. The van der Waals surface area contributed by atoms with E-state index in [4.69, 9.17) is 14.6 Å². The summed E-state index contributed by atoms with van der Waals surface area (Å²) < 4.78 is 11.1. The van der Waals surface area contributed by atoms with Crippen LogP contribution in [0.1, 0.15) is 28.7 Å². The molecule has 0 saturated carbocycles. The topological polar surface area (TPSA) is 52.3 Å². The molecule has 3 aromatic rings. The highest BCUT2D eigenvalue weighted by Crippen LogP contribution is 2.28. The van der Waals surface area contributed by atoms with Gasteiger partial charge in [-0.2, -0.15) is 0 Å². The molecule has 1 unspecified atom stereocenters. The van der Waals surface area contributed by atoms with E-state index in [0.29, 0.717) is 0 Å². The van der Waals surface area contributed by atoms with Crippen molar-refractivity contribution in [1.82, 2.24) is 0 Å². The Balaban J connectivity index is 2.03. The van der Waals surface area contributed by atoms with Crippen molar-refractivity contribution in [2.24, 2.45) is 5.73 Å². The number of hydrogen-bond donors (Lipinski definition) is 1. The molecule has 0 fully saturated rings. The van der Waals surface area contributed by atoms with Crippen LogP contribution in [-0.2, 0) is 0 Å². The number of aryl methyl sites for hydroxylation is 2. The fourth-order valence-corrected chi connectivity index (χ4v) is 2.13. The zero-order valence-corrected chi connectivity index (χ0v) is 10.4. The van der Waals surface area contributed by atoms with Crippen molar-refractivity contribution < 1.29 is 8.83 Å². The Morgan fingerprint density at radius 2 is 1.94 bits per heavy atom. The van der Waals surface area contributed by atoms with E-state index in [0.717, 1.165) is 28.1 Å². The number of furan rings is 2. The molecule has 1 aromatic carbocycles.